The van der Waals surface area contributed by atoms with Crippen LogP contribution in [0.4, 0.5) is 4.39 Å². The van der Waals surface area contributed by atoms with Crippen LogP contribution >= 0.6 is 0 Å². The zero-order valence-electron chi connectivity index (χ0n) is 10.4. The van der Waals surface area contributed by atoms with E-state index in [2.05, 4.69) is 0 Å². The second kappa shape index (κ2) is 6.18. The van der Waals surface area contributed by atoms with Gasteiger partial charge in [0.1, 0.15) is 5.82 Å². The Labute approximate surface area is 101 Å². The summed E-state index contributed by atoms with van der Waals surface area (Å²) >= 11 is 0. The first-order valence-electron chi connectivity index (χ1n) is 5.73. The maximum atomic E-state index is 12.8. The molecule has 2 nitrogen and oxygen atoms in total. The molecule has 0 fully saturated rings. The molecule has 1 aromatic rings. The number of hydrogen-bond donors (Lipinski definition) is 0. The molecule has 0 atom stereocenters. The number of esters is 1. The smallest absolute Gasteiger partial charge is 0.333 e. The van der Waals surface area contributed by atoms with Crippen molar-refractivity contribution in [3.8, 4) is 0 Å². The molecule has 1 rings (SSSR count). The van der Waals surface area contributed by atoms with Crippen molar-refractivity contribution in [1.82, 2.24) is 0 Å². The van der Waals surface area contributed by atoms with Crippen molar-refractivity contribution in [2.24, 2.45) is 0 Å². The Kier molecular flexibility index (Phi) is 4.88. The summed E-state index contributed by atoms with van der Waals surface area (Å²) in [6, 6.07) is 6.14. The highest BCUT2D eigenvalue weighted by atomic mass is 19.1. The van der Waals surface area contributed by atoms with E-state index >= 15 is 0 Å². The van der Waals surface area contributed by atoms with E-state index in [9.17, 15) is 9.18 Å². The molecule has 0 radical (unpaired) electrons. The van der Waals surface area contributed by atoms with Crippen LogP contribution in [0.2, 0.25) is 0 Å². The second-order valence-electron chi connectivity index (χ2n) is 3.68. The fraction of sp³-hybridized carbons (Fsp3) is 0.357. The molecule has 0 spiro atoms. The monoisotopic (exact) mass is 236 g/mol. The van der Waals surface area contributed by atoms with Crippen LogP contribution in [0, 0.1) is 5.82 Å². The number of allylic oxidation sites excluding steroid dienone is 1. The third-order valence-electron chi connectivity index (χ3n) is 2.58. The van der Waals surface area contributed by atoms with Gasteiger partial charge < -0.3 is 4.74 Å². The molecular weight excluding hydrogens is 219 g/mol. The van der Waals surface area contributed by atoms with Crippen LogP contribution in [0.5, 0.6) is 0 Å². The van der Waals surface area contributed by atoms with Crippen LogP contribution in [0.25, 0.3) is 5.57 Å². The van der Waals surface area contributed by atoms with Gasteiger partial charge in [-0.25, -0.2) is 9.18 Å². The predicted octanol–water partition coefficient (Wildman–Crippen LogP) is 3.57. The summed E-state index contributed by atoms with van der Waals surface area (Å²) in [6.07, 6.45) is 0.705. The van der Waals surface area contributed by atoms with Gasteiger partial charge in [-0.05, 0) is 43.5 Å². The first-order valence-corrected chi connectivity index (χ1v) is 5.73. The van der Waals surface area contributed by atoms with E-state index in [-0.39, 0.29) is 11.8 Å². The van der Waals surface area contributed by atoms with E-state index in [1.165, 1.54) is 12.1 Å². The Morgan fingerprint density at radius 2 is 1.82 bits per heavy atom. The van der Waals surface area contributed by atoms with Crippen LogP contribution in [0.15, 0.2) is 29.8 Å². The van der Waals surface area contributed by atoms with Gasteiger partial charge in [0.05, 0.1) is 6.61 Å². The molecule has 1 aromatic carbocycles. The van der Waals surface area contributed by atoms with Gasteiger partial charge in [-0.15, -0.1) is 0 Å². The number of hydrogen-bond acceptors (Lipinski definition) is 2. The minimum absolute atomic E-state index is 0.280. The number of ether oxygens (including phenoxy) is 1. The number of benzene rings is 1. The summed E-state index contributed by atoms with van der Waals surface area (Å²) in [6.45, 7) is 5.83. The average molecular weight is 236 g/mol. The first kappa shape index (κ1) is 13.4. The van der Waals surface area contributed by atoms with Gasteiger partial charge in [0.15, 0.2) is 0 Å². The topological polar surface area (TPSA) is 26.3 Å². The largest absolute Gasteiger partial charge is 0.463 e. The summed E-state index contributed by atoms with van der Waals surface area (Å²) in [5.41, 5.74) is 2.34. The molecule has 0 unspecified atom stereocenters. The highest BCUT2D eigenvalue weighted by Crippen LogP contribution is 2.23. The highest BCUT2D eigenvalue weighted by molar-refractivity contribution is 5.97. The molecule has 0 saturated carbocycles. The maximum absolute atomic E-state index is 12.8. The summed E-state index contributed by atoms with van der Waals surface area (Å²) in [5, 5.41) is 0. The first-order chi connectivity index (χ1) is 8.10. The molecule has 0 aliphatic heterocycles. The molecule has 92 valence electrons. The van der Waals surface area contributed by atoms with E-state index < -0.39 is 0 Å². The highest BCUT2D eigenvalue weighted by Gasteiger charge is 2.12. The van der Waals surface area contributed by atoms with E-state index in [0.29, 0.717) is 18.6 Å². The summed E-state index contributed by atoms with van der Waals surface area (Å²) in [5.74, 6) is -0.591. The van der Waals surface area contributed by atoms with Crippen molar-refractivity contribution < 1.29 is 13.9 Å². The Balaban J connectivity index is 3.09. The van der Waals surface area contributed by atoms with Crippen molar-refractivity contribution in [3.63, 3.8) is 0 Å². The van der Waals surface area contributed by atoms with Crippen molar-refractivity contribution >= 4 is 11.5 Å². The van der Waals surface area contributed by atoms with Gasteiger partial charge in [0, 0.05) is 5.57 Å². The van der Waals surface area contributed by atoms with Crippen LogP contribution in [0.3, 0.4) is 0 Å². The maximum Gasteiger partial charge on any atom is 0.333 e. The van der Waals surface area contributed by atoms with Crippen molar-refractivity contribution in [1.29, 1.82) is 0 Å². The second-order valence-corrected chi connectivity index (χ2v) is 3.68. The van der Waals surface area contributed by atoms with Crippen molar-refractivity contribution in [3.05, 3.63) is 41.2 Å². The summed E-state index contributed by atoms with van der Waals surface area (Å²) < 4.78 is 17.8. The van der Waals surface area contributed by atoms with Crippen LogP contribution in [-0.2, 0) is 9.53 Å². The molecule has 0 N–H and O–H groups in total. The zero-order valence-corrected chi connectivity index (χ0v) is 10.4. The van der Waals surface area contributed by atoms with Crippen LogP contribution in [0.1, 0.15) is 32.8 Å². The van der Waals surface area contributed by atoms with Crippen LogP contribution in [-0.4, -0.2) is 12.6 Å². The van der Waals surface area contributed by atoms with E-state index in [1.54, 1.807) is 26.0 Å². The summed E-state index contributed by atoms with van der Waals surface area (Å²) in [7, 11) is 0. The number of rotatable bonds is 4. The Hall–Kier alpha value is -1.64. The molecule has 3 heteroatoms. The Morgan fingerprint density at radius 1 is 1.24 bits per heavy atom. The minimum Gasteiger partial charge on any atom is -0.463 e. The number of halogens is 1. The Morgan fingerprint density at radius 3 is 2.29 bits per heavy atom. The molecular formula is C14H17FO2. The fourth-order valence-electron chi connectivity index (χ4n) is 1.70. The lowest BCUT2D eigenvalue weighted by Gasteiger charge is -2.10. The lowest BCUT2D eigenvalue weighted by Crippen LogP contribution is -2.07. The third kappa shape index (κ3) is 3.41. The third-order valence-corrected chi connectivity index (χ3v) is 2.58. The predicted molar refractivity (Wildman–Crippen MR) is 65.9 cm³/mol. The van der Waals surface area contributed by atoms with Gasteiger partial charge in [-0.3, -0.25) is 0 Å². The molecule has 0 saturated heterocycles. The number of carbonyl (C=O) groups is 1. The van der Waals surface area contributed by atoms with Gasteiger partial charge in [-0.2, -0.15) is 0 Å². The van der Waals surface area contributed by atoms with Crippen molar-refractivity contribution in [2.45, 2.75) is 27.2 Å². The normalized spacial score (nSPS) is 12.0. The quantitative estimate of drug-likeness (QED) is 0.590. The SMILES string of the molecule is CCOC(=O)/C(C)=C(/CC)c1ccc(F)cc1. The molecule has 17 heavy (non-hydrogen) atoms. The molecule has 0 amide bonds. The van der Waals surface area contributed by atoms with Crippen LogP contribution < -0.4 is 0 Å². The number of carbonyl (C=O) groups excluding carboxylic acids is 1. The zero-order chi connectivity index (χ0) is 12.8. The van der Waals surface area contributed by atoms with Gasteiger partial charge in [-0.1, -0.05) is 19.1 Å². The molecule has 0 heterocycles. The molecule has 0 aliphatic carbocycles. The molecule has 0 bridgehead atoms. The molecule has 0 aromatic heterocycles. The summed E-state index contributed by atoms with van der Waals surface area (Å²) in [4.78, 5) is 11.6. The average Bonchev–Trinajstić information content (AvgIpc) is 2.32. The molecule has 0 aliphatic rings. The lowest BCUT2D eigenvalue weighted by atomic mass is 9.98. The van der Waals surface area contributed by atoms with Gasteiger partial charge in [0.25, 0.3) is 0 Å². The standard InChI is InChI=1S/C14H17FO2/c1-4-13(10(3)14(16)17-5-2)11-6-8-12(15)9-7-11/h6-9H,4-5H2,1-3H3/b13-10-. The minimum atomic E-state index is -0.311. The van der Waals surface area contributed by atoms with E-state index in [4.69, 9.17) is 4.74 Å². The lowest BCUT2D eigenvalue weighted by molar-refractivity contribution is -0.138. The van der Waals surface area contributed by atoms with Gasteiger partial charge in [0.2, 0.25) is 0 Å². The van der Waals surface area contributed by atoms with Gasteiger partial charge >= 0.3 is 5.97 Å². The van der Waals surface area contributed by atoms with Crippen molar-refractivity contribution in [2.75, 3.05) is 6.61 Å². The van der Waals surface area contributed by atoms with E-state index in [0.717, 1.165) is 11.1 Å². The Bertz CT molecular complexity index is 418. The fourth-order valence-corrected chi connectivity index (χ4v) is 1.70. The van der Waals surface area contributed by atoms with E-state index in [1.807, 2.05) is 6.92 Å².